The zero-order chi connectivity index (χ0) is 13.6. The van der Waals surface area contributed by atoms with Crippen molar-refractivity contribution in [2.45, 2.75) is 57.9 Å². The summed E-state index contributed by atoms with van der Waals surface area (Å²) in [5.74, 6) is -0.298. The zero-order valence-electron chi connectivity index (χ0n) is 11.3. The minimum absolute atomic E-state index is 0.0353. The summed E-state index contributed by atoms with van der Waals surface area (Å²) in [5, 5.41) is 2.40. The van der Waals surface area contributed by atoms with Gasteiger partial charge in [0, 0.05) is 6.04 Å². The molecule has 2 saturated carbocycles. The highest BCUT2D eigenvalue weighted by atomic mass is 16.2. The van der Waals surface area contributed by atoms with E-state index < -0.39 is 11.4 Å². The first-order valence-electron chi connectivity index (χ1n) is 7.25. The van der Waals surface area contributed by atoms with Crippen LogP contribution in [0.25, 0.3) is 0 Å². The highest BCUT2D eigenvalue weighted by molar-refractivity contribution is 6.19. The number of imide groups is 2. The van der Waals surface area contributed by atoms with Gasteiger partial charge in [-0.3, -0.25) is 19.8 Å². The Morgan fingerprint density at radius 2 is 1.79 bits per heavy atom. The van der Waals surface area contributed by atoms with Crippen molar-refractivity contribution in [2.24, 2.45) is 11.3 Å². The molecule has 5 nitrogen and oxygen atoms in total. The summed E-state index contributed by atoms with van der Waals surface area (Å²) >= 11 is 0. The van der Waals surface area contributed by atoms with Gasteiger partial charge in [0.2, 0.25) is 11.8 Å². The fourth-order valence-corrected chi connectivity index (χ4v) is 3.65. The van der Waals surface area contributed by atoms with Crippen LogP contribution in [0.15, 0.2) is 0 Å². The molecule has 1 aliphatic heterocycles. The predicted octanol–water partition coefficient (Wildman–Crippen LogP) is 1.81. The highest BCUT2D eigenvalue weighted by Gasteiger charge is 2.58. The number of nitrogens with zero attached hydrogens (tertiary/aromatic N) is 1. The van der Waals surface area contributed by atoms with Crippen LogP contribution in [-0.4, -0.2) is 28.8 Å². The van der Waals surface area contributed by atoms with Crippen molar-refractivity contribution in [1.82, 2.24) is 10.2 Å². The molecule has 19 heavy (non-hydrogen) atoms. The molecule has 104 valence electrons. The Hall–Kier alpha value is -1.39. The second-order valence-electron chi connectivity index (χ2n) is 6.20. The van der Waals surface area contributed by atoms with E-state index >= 15 is 0 Å². The summed E-state index contributed by atoms with van der Waals surface area (Å²) in [4.78, 5) is 38.0. The minimum Gasteiger partial charge on any atom is -0.277 e. The van der Waals surface area contributed by atoms with Crippen molar-refractivity contribution in [3.8, 4) is 0 Å². The van der Waals surface area contributed by atoms with E-state index in [-0.39, 0.29) is 17.9 Å². The first kappa shape index (κ1) is 12.6. The second kappa shape index (κ2) is 4.32. The lowest BCUT2D eigenvalue weighted by Gasteiger charge is -2.48. The number of rotatable bonds is 1. The van der Waals surface area contributed by atoms with Crippen molar-refractivity contribution in [2.75, 3.05) is 0 Å². The standard InChI is InChI=1S/C14H20N2O3/c1-9-5-2-3-6-10(9)16-12(18)14(7-4-8-14)11(17)15-13(16)19/h9-10H,2-8H2,1H3,(H,15,17,19). The number of urea groups is 1. The van der Waals surface area contributed by atoms with E-state index in [9.17, 15) is 14.4 Å². The highest BCUT2D eigenvalue weighted by Crippen LogP contribution is 2.46. The lowest BCUT2D eigenvalue weighted by Crippen LogP contribution is -2.68. The van der Waals surface area contributed by atoms with Gasteiger partial charge >= 0.3 is 6.03 Å². The van der Waals surface area contributed by atoms with E-state index in [4.69, 9.17) is 0 Å². The number of nitrogens with one attached hydrogen (secondary N) is 1. The molecule has 4 amide bonds. The van der Waals surface area contributed by atoms with E-state index in [0.29, 0.717) is 18.8 Å². The molecule has 3 rings (SSSR count). The molecule has 5 heteroatoms. The maximum atomic E-state index is 12.6. The van der Waals surface area contributed by atoms with Gasteiger partial charge in [-0.1, -0.05) is 26.2 Å². The zero-order valence-corrected chi connectivity index (χ0v) is 11.3. The van der Waals surface area contributed by atoms with E-state index in [1.165, 1.54) is 4.90 Å². The number of hydrogen-bond donors (Lipinski definition) is 1. The predicted molar refractivity (Wildman–Crippen MR) is 68.1 cm³/mol. The fraction of sp³-hybridized carbons (Fsp3) is 0.786. The van der Waals surface area contributed by atoms with Crippen molar-refractivity contribution < 1.29 is 14.4 Å². The summed E-state index contributed by atoms with van der Waals surface area (Å²) in [6.45, 7) is 2.09. The van der Waals surface area contributed by atoms with E-state index in [1.807, 2.05) is 0 Å². The summed E-state index contributed by atoms with van der Waals surface area (Å²) in [6.07, 6.45) is 6.18. The molecule has 1 N–H and O–H groups in total. The van der Waals surface area contributed by atoms with E-state index in [1.54, 1.807) is 0 Å². The fourth-order valence-electron chi connectivity index (χ4n) is 3.65. The van der Waals surface area contributed by atoms with Gasteiger partial charge in [0.1, 0.15) is 5.41 Å². The third-order valence-corrected chi connectivity index (χ3v) is 5.11. The largest absolute Gasteiger partial charge is 0.331 e. The van der Waals surface area contributed by atoms with Crippen molar-refractivity contribution >= 4 is 17.8 Å². The van der Waals surface area contributed by atoms with Crippen LogP contribution < -0.4 is 5.32 Å². The van der Waals surface area contributed by atoms with E-state index in [0.717, 1.165) is 32.1 Å². The van der Waals surface area contributed by atoms with Crippen LogP contribution in [0, 0.1) is 11.3 Å². The molecule has 0 bridgehead atoms. The summed E-state index contributed by atoms with van der Waals surface area (Å²) < 4.78 is 0. The molecule has 3 aliphatic rings. The molecule has 1 heterocycles. The number of barbiturate groups is 1. The molecule has 0 aromatic heterocycles. The van der Waals surface area contributed by atoms with Crippen molar-refractivity contribution in [3.05, 3.63) is 0 Å². The molecule has 0 aromatic rings. The quantitative estimate of drug-likeness (QED) is 0.734. The molecular weight excluding hydrogens is 244 g/mol. The molecule has 0 aromatic carbocycles. The number of amides is 4. The van der Waals surface area contributed by atoms with Gasteiger partial charge in [0.25, 0.3) is 0 Å². The Kier molecular flexibility index (Phi) is 2.87. The van der Waals surface area contributed by atoms with Gasteiger partial charge in [-0.25, -0.2) is 4.79 Å². The van der Waals surface area contributed by atoms with Gasteiger partial charge in [-0.15, -0.1) is 0 Å². The molecule has 0 radical (unpaired) electrons. The third-order valence-electron chi connectivity index (χ3n) is 5.11. The average molecular weight is 264 g/mol. The van der Waals surface area contributed by atoms with Gasteiger partial charge in [0.05, 0.1) is 0 Å². The van der Waals surface area contributed by atoms with Crippen LogP contribution in [0.5, 0.6) is 0 Å². The van der Waals surface area contributed by atoms with Crippen LogP contribution in [-0.2, 0) is 9.59 Å². The second-order valence-corrected chi connectivity index (χ2v) is 6.20. The summed E-state index contributed by atoms with van der Waals surface area (Å²) in [6, 6.07) is -0.543. The van der Waals surface area contributed by atoms with Gasteiger partial charge in [-0.05, 0) is 31.6 Å². The van der Waals surface area contributed by atoms with Crippen molar-refractivity contribution in [1.29, 1.82) is 0 Å². The lowest BCUT2D eigenvalue weighted by molar-refractivity contribution is -0.160. The van der Waals surface area contributed by atoms with Gasteiger partial charge in [0.15, 0.2) is 0 Å². The number of carbonyl (C=O) groups excluding carboxylic acids is 3. The maximum absolute atomic E-state index is 12.6. The average Bonchev–Trinajstić information content (AvgIpc) is 2.29. The monoisotopic (exact) mass is 264 g/mol. The first-order valence-corrected chi connectivity index (χ1v) is 7.25. The van der Waals surface area contributed by atoms with Crippen LogP contribution in [0.1, 0.15) is 51.9 Å². The molecular formula is C14H20N2O3. The third kappa shape index (κ3) is 1.70. The van der Waals surface area contributed by atoms with Crippen LogP contribution in [0.3, 0.4) is 0 Å². The summed E-state index contributed by atoms with van der Waals surface area (Å²) in [5.41, 5.74) is -0.926. The maximum Gasteiger partial charge on any atom is 0.331 e. The molecule has 1 saturated heterocycles. The van der Waals surface area contributed by atoms with Crippen LogP contribution in [0.2, 0.25) is 0 Å². The molecule has 3 fully saturated rings. The molecule has 1 spiro atoms. The summed E-state index contributed by atoms with van der Waals surface area (Å²) in [7, 11) is 0. The Morgan fingerprint density at radius 1 is 1.11 bits per heavy atom. The topological polar surface area (TPSA) is 66.5 Å². The molecule has 2 unspecified atom stereocenters. The smallest absolute Gasteiger partial charge is 0.277 e. The number of hydrogen-bond acceptors (Lipinski definition) is 3. The Bertz CT molecular complexity index is 442. The van der Waals surface area contributed by atoms with Gasteiger partial charge in [-0.2, -0.15) is 0 Å². The van der Waals surface area contributed by atoms with Crippen LogP contribution in [0.4, 0.5) is 4.79 Å². The first-order chi connectivity index (χ1) is 9.06. The lowest BCUT2D eigenvalue weighted by atomic mass is 9.65. The molecule has 2 aliphatic carbocycles. The minimum atomic E-state index is -0.926. The normalized spacial score (nSPS) is 34.2. The Balaban J connectivity index is 1.89. The SMILES string of the molecule is CC1CCCCC1N1C(=O)NC(=O)C2(CCC2)C1=O. The van der Waals surface area contributed by atoms with Gasteiger partial charge < -0.3 is 0 Å². The van der Waals surface area contributed by atoms with E-state index in [2.05, 4.69) is 12.2 Å². The van der Waals surface area contributed by atoms with Crippen molar-refractivity contribution in [3.63, 3.8) is 0 Å². The van der Waals surface area contributed by atoms with Crippen LogP contribution >= 0.6 is 0 Å². The molecule has 2 atom stereocenters. The Labute approximate surface area is 112 Å². The Morgan fingerprint density at radius 3 is 2.37 bits per heavy atom. The number of carbonyl (C=O) groups is 3.